The van der Waals surface area contributed by atoms with Crippen LogP contribution in [0, 0.1) is 0 Å². The van der Waals surface area contributed by atoms with E-state index in [1.807, 2.05) is 0 Å². The van der Waals surface area contributed by atoms with E-state index in [2.05, 4.69) is 5.32 Å². The van der Waals surface area contributed by atoms with Crippen LogP contribution in [0.1, 0.15) is 22.4 Å². The third kappa shape index (κ3) is 2.36. The van der Waals surface area contributed by atoms with Gasteiger partial charge in [-0.15, -0.1) is 0 Å². The molecule has 0 radical (unpaired) electrons. The number of furan rings is 2. The standard InChI is InChI=1S/C11H9NO5/c13-10(8-4-2-6-17-8)12-9(11(14)15)7-3-1-5-16-7/h1-6,9H,(H,12,13)(H,14,15). The summed E-state index contributed by atoms with van der Waals surface area (Å²) in [6.07, 6.45) is 2.67. The fourth-order valence-corrected chi connectivity index (χ4v) is 1.32. The highest BCUT2D eigenvalue weighted by atomic mass is 16.4. The van der Waals surface area contributed by atoms with E-state index in [9.17, 15) is 9.59 Å². The van der Waals surface area contributed by atoms with Crippen LogP contribution in [0.25, 0.3) is 0 Å². The van der Waals surface area contributed by atoms with E-state index in [0.717, 1.165) is 0 Å². The van der Waals surface area contributed by atoms with Gasteiger partial charge in [0.1, 0.15) is 5.76 Å². The minimum Gasteiger partial charge on any atom is -0.479 e. The number of hydrogen-bond acceptors (Lipinski definition) is 4. The summed E-state index contributed by atoms with van der Waals surface area (Å²) < 4.78 is 9.81. The van der Waals surface area contributed by atoms with Crippen LogP contribution in [-0.2, 0) is 4.79 Å². The fourth-order valence-electron chi connectivity index (χ4n) is 1.32. The number of carbonyl (C=O) groups is 2. The Balaban J connectivity index is 2.14. The molecule has 0 bridgehead atoms. The average molecular weight is 235 g/mol. The first-order valence-electron chi connectivity index (χ1n) is 4.79. The topological polar surface area (TPSA) is 92.7 Å². The second-order valence-corrected chi connectivity index (χ2v) is 3.24. The summed E-state index contributed by atoms with van der Waals surface area (Å²) in [6.45, 7) is 0. The molecule has 1 unspecified atom stereocenters. The van der Waals surface area contributed by atoms with E-state index in [0.29, 0.717) is 0 Å². The Morgan fingerprint density at radius 3 is 2.41 bits per heavy atom. The number of amides is 1. The van der Waals surface area contributed by atoms with Gasteiger partial charge >= 0.3 is 5.97 Å². The maximum atomic E-state index is 11.6. The van der Waals surface area contributed by atoms with Gasteiger partial charge in [-0.25, -0.2) is 4.79 Å². The number of hydrogen-bond donors (Lipinski definition) is 2. The van der Waals surface area contributed by atoms with Crippen LogP contribution in [0.2, 0.25) is 0 Å². The van der Waals surface area contributed by atoms with Crippen LogP contribution < -0.4 is 5.32 Å². The first-order valence-corrected chi connectivity index (χ1v) is 4.79. The van der Waals surface area contributed by atoms with E-state index in [1.54, 1.807) is 6.07 Å². The molecule has 0 fully saturated rings. The Bertz CT molecular complexity index is 500. The zero-order chi connectivity index (χ0) is 12.3. The van der Waals surface area contributed by atoms with Gasteiger partial charge in [-0.2, -0.15) is 0 Å². The number of rotatable bonds is 4. The predicted molar refractivity (Wildman–Crippen MR) is 55.3 cm³/mol. The Morgan fingerprint density at radius 2 is 1.88 bits per heavy atom. The second kappa shape index (κ2) is 4.56. The van der Waals surface area contributed by atoms with Crippen molar-refractivity contribution in [3.05, 3.63) is 48.3 Å². The quantitative estimate of drug-likeness (QED) is 0.836. The molecule has 2 rings (SSSR count). The van der Waals surface area contributed by atoms with E-state index in [4.69, 9.17) is 13.9 Å². The van der Waals surface area contributed by atoms with E-state index < -0.39 is 17.9 Å². The van der Waals surface area contributed by atoms with Gasteiger partial charge in [-0.3, -0.25) is 4.79 Å². The van der Waals surface area contributed by atoms with Crippen molar-refractivity contribution >= 4 is 11.9 Å². The summed E-state index contributed by atoms with van der Waals surface area (Å²) in [5, 5.41) is 11.3. The SMILES string of the molecule is O=C(NC(C(=O)O)c1ccco1)c1ccco1. The smallest absolute Gasteiger partial charge is 0.334 e. The maximum absolute atomic E-state index is 11.6. The molecule has 0 spiro atoms. The Hall–Kier alpha value is -2.50. The number of carboxylic acid groups (broad SMARTS) is 1. The molecule has 88 valence electrons. The van der Waals surface area contributed by atoms with Crippen molar-refractivity contribution in [3.63, 3.8) is 0 Å². The maximum Gasteiger partial charge on any atom is 0.334 e. The summed E-state index contributed by atoms with van der Waals surface area (Å²) >= 11 is 0. The molecule has 0 aliphatic carbocycles. The molecule has 1 atom stereocenters. The van der Waals surface area contributed by atoms with Gasteiger partial charge in [-0.1, -0.05) is 0 Å². The summed E-state index contributed by atoms with van der Waals surface area (Å²) in [7, 11) is 0. The lowest BCUT2D eigenvalue weighted by atomic mass is 10.2. The molecule has 0 aliphatic rings. The van der Waals surface area contributed by atoms with Crippen LogP contribution >= 0.6 is 0 Å². The van der Waals surface area contributed by atoms with Crippen molar-refractivity contribution in [1.29, 1.82) is 0 Å². The van der Waals surface area contributed by atoms with Crippen LogP contribution in [0.15, 0.2) is 45.6 Å². The third-order valence-electron chi connectivity index (χ3n) is 2.10. The molecule has 0 saturated heterocycles. The number of carbonyl (C=O) groups excluding carboxylic acids is 1. The minimum atomic E-state index is -1.23. The molecule has 2 aromatic heterocycles. The van der Waals surface area contributed by atoms with Gasteiger partial charge in [0.2, 0.25) is 0 Å². The first kappa shape index (κ1) is 11.0. The summed E-state index contributed by atoms with van der Waals surface area (Å²) in [5.41, 5.74) is 0. The third-order valence-corrected chi connectivity index (χ3v) is 2.10. The molecule has 17 heavy (non-hydrogen) atoms. The zero-order valence-corrected chi connectivity index (χ0v) is 8.62. The molecule has 0 saturated carbocycles. The first-order chi connectivity index (χ1) is 8.18. The molecule has 6 heteroatoms. The lowest BCUT2D eigenvalue weighted by Crippen LogP contribution is -2.33. The Kier molecular flexibility index (Phi) is 2.95. The van der Waals surface area contributed by atoms with Crippen molar-refractivity contribution in [2.24, 2.45) is 0 Å². The van der Waals surface area contributed by atoms with Crippen LogP contribution in [-0.4, -0.2) is 17.0 Å². The highest BCUT2D eigenvalue weighted by Crippen LogP contribution is 2.14. The Labute approximate surface area is 95.8 Å². The van der Waals surface area contributed by atoms with Gasteiger partial charge in [0, 0.05) is 0 Å². The minimum absolute atomic E-state index is 0.0443. The highest BCUT2D eigenvalue weighted by Gasteiger charge is 2.25. The second-order valence-electron chi connectivity index (χ2n) is 3.24. The molecule has 2 N–H and O–H groups in total. The molecule has 0 aliphatic heterocycles. The molecular formula is C11H9NO5. The van der Waals surface area contributed by atoms with Crippen molar-refractivity contribution in [2.45, 2.75) is 6.04 Å². The lowest BCUT2D eigenvalue weighted by molar-refractivity contribution is -0.139. The monoisotopic (exact) mass is 235 g/mol. The van der Waals surface area contributed by atoms with Crippen molar-refractivity contribution < 1.29 is 23.5 Å². The van der Waals surface area contributed by atoms with Crippen molar-refractivity contribution in [1.82, 2.24) is 5.32 Å². The number of nitrogens with one attached hydrogen (secondary N) is 1. The van der Waals surface area contributed by atoms with Gasteiger partial charge < -0.3 is 19.3 Å². The average Bonchev–Trinajstić information content (AvgIpc) is 2.97. The van der Waals surface area contributed by atoms with E-state index in [-0.39, 0.29) is 11.5 Å². The molecular weight excluding hydrogens is 226 g/mol. The zero-order valence-electron chi connectivity index (χ0n) is 8.62. The molecule has 6 nitrogen and oxygen atoms in total. The molecule has 0 aromatic carbocycles. The van der Waals surface area contributed by atoms with Gasteiger partial charge in [-0.05, 0) is 24.3 Å². The summed E-state index contributed by atoms with van der Waals surface area (Å²) in [4.78, 5) is 22.6. The predicted octanol–water partition coefficient (Wildman–Crippen LogP) is 1.43. The summed E-state index contributed by atoms with van der Waals surface area (Å²) in [6, 6.07) is 4.77. The van der Waals surface area contributed by atoms with Crippen LogP contribution in [0.4, 0.5) is 0 Å². The van der Waals surface area contributed by atoms with Crippen molar-refractivity contribution in [2.75, 3.05) is 0 Å². The molecule has 2 aromatic rings. The van der Waals surface area contributed by atoms with Crippen LogP contribution in [0.3, 0.4) is 0 Å². The normalized spacial score (nSPS) is 12.0. The number of aliphatic carboxylic acids is 1. The van der Waals surface area contributed by atoms with Gasteiger partial charge in [0.25, 0.3) is 5.91 Å². The molecule has 2 heterocycles. The number of carboxylic acids is 1. The largest absolute Gasteiger partial charge is 0.479 e. The summed E-state index contributed by atoms with van der Waals surface area (Å²) in [5.74, 6) is -1.63. The van der Waals surface area contributed by atoms with Gasteiger partial charge in [0.15, 0.2) is 11.8 Å². The lowest BCUT2D eigenvalue weighted by Gasteiger charge is -2.10. The van der Waals surface area contributed by atoms with Crippen LogP contribution in [0.5, 0.6) is 0 Å². The van der Waals surface area contributed by atoms with Gasteiger partial charge in [0.05, 0.1) is 12.5 Å². The highest BCUT2D eigenvalue weighted by molar-refractivity contribution is 5.94. The van der Waals surface area contributed by atoms with E-state index >= 15 is 0 Å². The molecule has 1 amide bonds. The van der Waals surface area contributed by atoms with E-state index in [1.165, 1.54) is 30.7 Å². The van der Waals surface area contributed by atoms with Crippen molar-refractivity contribution in [3.8, 4) is 0 Å². The fraction of sp³-hybridized carbons (Fsp3) is 0.0909. The Morgan fingerprint density at radius 1 is 1.18 bits per heavy atom.